The number of nitrogens with zero attached hydrogens (tertiary/aromatic N) is 3. The Labute approximate surface area is 121 Å². The number of aromatic nitrogens is 2. The highest BCUT2D eigenvalue weighted by Gasteiger charge is 2.25. The molecule has 1 aromatic heterocycles. The number of benzene rings is 1. The van der Waals surface area contributed by atoms with Crippen molar-refractivity contribution in [1.29, 1.82) is 5.26 Å². The minimum Gasteiger partial charge on any atom is -0.476 e. The molecule has 1 atom stereocenters. The van der Waals surface area contributed by atoms with E-state index >= 15 is 0 Å². The lowest BCUT2D eigenvalue weighted by molar-refractivity contribution is 0.0690. The van der Waals surface area contributed by atoms with Gasteiger partial charge in [0, 0.05) is 6.61 Å². The van der Waals surface area contributed by atoms with Crippen molar-refractivity contribution in [3.05, 3.63) is 47.3 Å². The molecule has 0 saturated carbocycles. The van der Waals surface area contributed by atoms with E-state index in [4.69, 9.17) is 15.1 Å². The van der Waals surface area contributed by atoms with E-state index in [0.717, 1.165) is 12.8 Å². The summed E-state index contributed by atoms with van der Waals surface area (Å²) in [6.45, 7) is 0.663. The van der Waals surface area contributed by atoms with Gasteiger partial charge < -0.3 is 9.84 Å². The molecule has 2 aromatic rings. The lowest BCUT2D eigenvalue weighted by atomic mass is 10.1. The zero-order valence-electron chi connectivity index (χ0n) is 11.2. The molecule has 21 heavy (non-hydrogen) atoms. The second-order valence-corrected chi connectivity index (χ2v) is 4.84. The van der Waals surface area contributed by atoms with E-state index in [-0.39, 0.29) is 11.8 Å². The van der Waals surface area contributed by atoms with Crippen LogP contribution in [-0.2, 0) is 4.74 Å². The van der Waals surface area contributed by atoms with Gasteiger partial charge in [0.05, 0.1) is 29.1 Å². The van der Waals surface area contributed by atoms with Crippen LogP contribution in [-0.4, -0.2) is 27.5 Å². The molecular formula is C15H13N3O3. The van der Waals surface area contributed by atoms with Crippen LogP contribution in [0.4, 0.5) is 0 Å². The Morgan fingerprint density at radius 3 is 3.00 bits per heavy atom. The highest BCUT2D eigenvalue weighted by Crippen LogP contribution is 2.30. The summed E-state index contributed by atoms with van der Waals surface area (Å²) in [6.07, 6.45) is 1.62. The summed E-state index contributed by atoms with van der Waals surface area (Å²) in [7, 11) is 0. The zero-order chi connectivity index (χ0) is 14.8. The highest BCUT2D eigenvalue weighted by atomic mass is 16.5. The number of carboxylic acids is 1. The van der Waals surface area contributed by atoms with Crippen LogP contribution in [0.3, 0.4) is 0 Å². The van der Waals surface area contributed by atoms with E-state index < -0.39 is 5.97 Å². The summed E-state index contributed by atoms with van der Waals surface area (Å²) in [5.74, 6) is -1.08. The quantitative estimate of drug-likeness (QED) is 0.933. The Bertz CT molecular complexity index is 724. The molecule has 0 spiro atoms. The number of ether oxygens (including phenoxy) is 1. The highest BCUT2D eigenvalue weighted by molar-refractivity contribution is 5.85. The van der Waals surface area contributed by atoms with Crippen molar-refractivity contribution >= 4 is 5.97 Å². The molecule has 1 saturated heterocycles. The summed E-state index contributed by atoms with van der Waals surface area (Å²) in [4.78, 5) is 11.2. The maximum absolute atomic E-state index is 11.2. The van der Waals surface area contributed by atoms with E-state index in [9.17, 15) is 4.79 Å². The van der Waals surface area contributed by atoms with Crippen LogP contribution in [0.2, 0.25) is 0 Å². The normalized spacial score (nSPS) is 17.6. The molecule has 2 heterocycles. The molecule has 0 bridgehead atoms. The second kappa shape index (κ2) is 5.38. The van der Waals surface area contributed by atoms with Crippen LogP contribution in [0.5, 0.6) is 0 Å². The summed E-state index contributed by atoms with van der Waals surface area (Å²) in [6, 6.07) is 10.5. The van der Waals surface area contributed by atoms with Gasteiger partial charge in [-0.2, -0.15) is 10.4 Å². The predicted octanol–water partition coefficient (Wildman–Crippen LogP) is 2.29. The van der Waals surface area contributed by atoms with Crippen molar-refractivity contribution < 1.29 is 14.6 Å². The van der Waals surface area contributed by atoms with Crippen molar-refractivity contribution in [2.75, 3.05) is 6.61 Å². The van der Waals surface area contributed by atoms with Crippen molar-refractivity contribution in [2.45, 2.75) is 18.9 Å². The molecule has 6 nitrogen and oxygen atoms in total. The van der Waals surface area contributed by atoms with Gasteiger partial charge in [0.2, 0.25) is 0 Å². The molecule has 1 fully saturated rings. The largest absolute Gasteiger partial charge is 0.476 e. The first-order valence-electron chi connectivity index (χ1n) is 6.64. The van der Waals surface area contributed by atoms with E-state index in [1.165, 1.54) is 6.07 Å². The van der Waals surface area contributed by atoms with Gasteiger partial charge in [-0.25, -0.2) is 9.48 Å². The molecule has 106 valence electrons. The Balaban J connectivity index is 2.11. The zero-order valence-corrected chi connectivity index (χ0v) is 11.2. The van der Waals surface area contributed by atoms with E-state index in [1.54, 1.807) is 28.9 Å². The standard InChI is InChI=1S/C15H13N3O3/c16-9-10-3-1-4-11(7-10)18-13(14-5-2-6-21-14)8-12(17-18)15(19)20/h1,3-4,7-8,14H,2,5-6H2,(H,19,20). The van der Waals surface area contributed by atoms with Gasteiger partial charge in [-0.05, 0) is 37.1 Å². The SMILES string of the molecule is N#Cc1cccc(-n2nc(C(=O)O)cc2C2CCCO2)c1. The van der Waals surface area contributed by atoms with Crippen molar-refractivity contribution in [3.63, 3.8) is 0 Å². The Hall–Kier alpha value is -2.65. The minimum atomic E-state index is -1.08. The average Bonchev–Trinajstić information content (AvgIpc) is 3.16. The van der Waals surface area contributed by atoms with Gasteiger partial charge in [0.15, 0.2) is 5.69 Å². The number of hydrogen-bond acceptors (Lipinski definition) is 4. The molecule has 0 amide bonds. The van der Waals surface area contributed by atoms with E-state index in [0.29, 0.717) is 23.6 Å². The van der Waals surface area contributed by atoms with Gasteiger partial charge in [-0.1, -0.05) is 6.07 Å². The summed E-state index contributed by atoms with van der Waals surface area (Å²) in [5.41, 5.74) is 1.84. The first-order chi connectivity index (χ1) is 10.2. The molecular weight excluding hydrogens is 270 g/mol. The summed E-state index contributed by atoms with van der Waals surface area (Å²) >= 11 is 0. The lowest BCUT2D eigenvalue weighted by Crippen LogP contribution is -2.07. The van der Waals surface area contributed by atoms with E-state index in [1.807, 2.05) is 0 Å². The Kier molecular flexibility index (Phi) is 3.42. The lowest BCUT2D eigenvalue weighted by Gasteiger charge is -2.12. The van der Waals surface area contributed by atoms with Crippen molar-refractivity contribution in [2.24, 2.45) is 0 Å². The molecule has 1 N–H and O–H groups in total. The number of aromatic carboxylic acids is 1. The minimum absolute atomic E-state index is 0.0251. The first kappa shape index (κ1) is 13.3. The molecule has 3 rings (SSSR count). The topological polar surface area (TPSA) is 88.1 Å². The van der Waals surface area contributed by atoms with Crippen LogP contribution in [0.25, 0.3) is 5.69 Å². The number of hydrogen-bond donors (Lipinski definition) is 1. The molecule has 1 aromatic carbocycles. The first-order valence-corrected chi connectivity index (χ1v) is 6.64. The van der Waals surface area contributed by atoms with Crippen LogP contribution in [0.1, 0.15) is 40.7 Å². The average molecular weight is 283 g/mol. The molecule has 1 aliphatic heterocycles. The fourth-order valence-corrected chi connectivity index (χ4v) is 2.45. The van der Waals surface area contributed by atoms with Crippen LogP contribution < -0.4 is 0 Å². The summed E-state index contributed by atoms with van der Waals surface area (Å²) in [5, 5.41) is 22.3. The third-order valence-corrected chi connectivity index (χ3v) is 3.44. The van der Waals surface area contributed by atoms with Gasteiger partial charge in [0.25, 0.3) is 0 Å². The molecule has 0 radical (unpaired) electrons. The smallest absolute Gasteiger partial charge is 0.356 e. The van der Waals surface area contributed by atoms with Crippen molar-refractivity contribution in [3.8, 4) is 11.8 Å². The van der Waals surface area contributed by atoms with Crippen LogP contribution in [0.15, 0.2) is 30.3 Å². The van der Waals surface area contributed by atoms with Gasteiger partial charge in [-0.3, -0.25) is 0 Å². The summed E-state index contributed by atoms with van der Waals surface area (Å²) < 4.78 is 7.19. The third kappa shape index (κ3) is 2.51. The number of carbonyl (C=O) groups is 1. The Morgan fingerprint density at radius 2 is 2.33 bits per heavy atom. The molecule has 0 aliphatic carbocycles. The Morgan fingerprint density at radius 1 is 1.48 bits per heavy atom. The maximum atomic E-state index is 11.2. The number of nitriles is 1. The second-order valence-electron chi connectivity index (χ2n) is 4.84. The van der Waals surface area contributed by atoms with Crippen LogP contribution in [0, 0.1) is 11.3 Å². The van der Waals surface area contributed by atoms with Gasteiger partial charge in [0.1, 0.15) is 0 Å². The number of carboxylic acid groups (broad SMARTS) is 1. The molecule has 6 heteroatoms. The monoisotopic (exact) mass is 283 g/mol. The molecule has 1 unspecified atom stereocenters. The predicted molar refractivity (Wildman–Crippen MR) is 73.2 cm³/mol. The molecule has 1 aliphatic rings. The fourth-order valence-electron chi connectivity index (χ4n) is 2.45. The number of rotatable bonds is 3. The van der Waals surface area contributed by atoms with Crippen LogP contribution >= 0.6 is 0 Å². The van der Waals surface area contributed by atoms with Gasteiger partial charge in [-0.15, -0.1) is 0 Å². The maximum Gasteiger partial charge on any atom is 0.356 e. The third-order valence-electron chi connectivity index (χ3n) is 3.44. The van der Waals surface area contributed by atoms with Gasteiger partial charge >= 0.3 is 5.97 Å². The fraction of sp³-hybridized carbons (Fsp3) is 0.267. The van der Waals surface area contributed by atoms with Crippen molar-refractivity contribution in [1.82, 2.24) is 9.78 Å². The van der Waals surface area contributed by atoms with E-state index in [2.05, 4.69) is 11.2 Å².